The Morgan fingerprint density at radius 3 is 1.23 bits per heavy atom. The van der Waals surface area contributed by atoms with Crippen molar-refractivity contribution in [2.75, 3.05) is 76.0 Å². The van der Waals surface area contributed by atoms with Crippen molar-refractivity contribution in [3.05, 3.63) is 111 Å². The number of carbonyl (C=O) groups excluding carboxylic acids is 4. The second kappa shape index (κ2) is 16.3. The number of hydrogen-bond acceptors (Lipinski definition) is 9. The molecule has 4 aromatic carbocycles. The molecule has 0 heterocycles. The molecule has 0 spiro atoms. The maximum absolute atomic E-state index is 15.6. The second-order valence-electron chi connectivity index (χ2n) is 12.3. The predicted octanol–water partition coefficient (Wildman–Crippen LogP) is 9.02. The highest BCUT2D eigenvalue weighted by molar-refractivity contribution is 9.15. The maximum Gasteiger partial charge on any atom is 0.350 e. The zero-order chi connectivity index (χ0) is 40.0. The molecule has 0 aromatic heterocycles. The fraction of sp³-hybridized carbons (Fsp3) is 0.222. The van der Waals surface area contributed by atoms with E-state index in [0.717, 1.165) is 5.69 Å². The zero-order valence-corrected chi connectivity index (χ0v) is 35.7. The summed E-state index contributed by atoms with van der Waals surface area (Å²) < 4.78 is 66.0. The van der Waals surface area contributed by atoms with E-state index in [9.17, 15) is 28.0 Å². The van der Waals surface area contributed by atoms with Crippen LogP contribution in [0.2, 0.25) is 0 Å². The molecular formula is C36H30Br4F4N4O5. The van der Waals surface area contributed by atoms with Crippen LogP contribution in [0.4, 0.5) is 40.3 Å². The molecule has 0 aliphatic heterocycles. The van der Waals surface area contributed by atoms with Crippen LogP contribution in [0.3, 0.4) is 0 Å². The van der Waals surface area contributed by atoms with E-state index in [0.29, 0.717) is 11.4 Å². The third-order valence-corrected chi connectivity index (χ3v) is 12.8. The van der Waals surface area contributed by atoms with Gasteiger partial charge in [0.05, 0.1) is 16.7 Å². The molecule has 280 valence electrons. The van der Waals surface area contributed by atoms with Crippen LogP contribution in [-0.4, -0.2) is 79.9 Å². The lowest BCUT2D eigenvalue weighted by atomic mass is 9.94. The summed E-state index contributed by atoms with van der Waals surface area (Å²) in [5, 5.41) is 0. The summed E-state index contributed by atoms with van der Waals surface area (Å²) in [5.41, 5.74) is -2.27. The largest absolute Gasteiger partial charge is 0.386 e. The van der Waals surface area contributed by atoms with Gasteiger partial charge in [-0.1, -0.05) is 0 Å². The molecule has 9 nitrogen and oxygen atoms in total. The molecular weight excluding hydrogens is 964 g/mol. The molecule has 17 heteroatoms. The number of ketones is 2. The third kappa shape index (κ3) is 7.89. The Hall–Kier alpha value is -3.80. The van der Waals surface area contributed by atoms with E-state index in [1.165, 1.54) is 29.2 Å². The molecule has 0 amide bonds. The van der Waals surface area contributed by atoms with Crippen molar-refractivity contribution in [2.24, 2.45) is 0 Å². The van der Waals surface area contributed by atoms with Gasteiger partial charge in [0.15, 0.2) is 34.8 Å². The molecule has 0 aliphatic rings. The van der Waals surface area contributed by atoms with E-state index in [-0.39, 0.29) is 40.3 Å². The van der Waals surface area contributed by atoms with E-state index >= 15 is 8.78 Å². The van der Waals surface area contributed by atoms with E-state index in [4.69, 9.17) is 4.74 Å². The number of anilines is 4. The molecule has 0 N–H and O–H groups in total. The summed E-state index contributed by atoms with van der Waals surface area (Å²) in [4.78, 5) is 62.5. The summed E-state index contributed by atoms with van der Waals surface area (Å²) in [5.74, 6) is -15.0. The second-order valence-corrected chi connectivity index (χ2v) is 15.5. The zero-order valence-electron chi connectivity index (χ0n) is 29.3. The van der Waals surface area contributed by atoms with E-state index < -0.39 is 63.5 Å². The minimum Gasteiger partial charge on any atom is -0.386 e. The van der Waals surface area contributed by atoms with Crippen molar-refractivity contribution in [2.45, 2.75) is 0 Å². The van der Waals surface area contributed by atoms with Crippen molar-refractivity contribution < 1.29 is 41.5 Å². The average molecular weight is 994 g/mol. The molecule has 0 radical (unpaired) electrons. The number of hydrogen-bond donors (Lipinski definition) is 0. The van der Waals surface area contributed by atoms with Crippen molar-refractivity contribution >= 4 is 110 Å². The van der Waals surface area contributed by atoms with Gasteiger partial charge in [-0.25, -0.2) is 27.2 Å². The Morgan fingerprint density at radius 2 is 0.830 bits per heavy atom. The third-order valence-electron chi connectivity index (χ3n) is 8.03. The normalized spacial score (nSPS) is 10.9. The van der Waals surface area contributed by atoms with Gasteiger partial charge >= 0.3 is 11.9 Å². The predicted molar refractivity (Wildman–Crippen MR) is 210 cm³/mol. The quantitative estimate of drug-likeness (QED) is 0.0386. The first kappa shape index (κ1) is 41.9. The number of esters is 2. The Bertz CT molecular complexity index is 2060. The summed E-state index contributed by atoms with van der Waals surface area (Å²) in [6, 6.07) is 9.18. The van der Waals surface area contributed by atoms with Gasteiger partial charge in [0.25, 0.3) is 0 Å². The summed E-state index contributed by atoms with van der Waals surface area (Å²) in [6.07, 6.45) is 0. The maximum atomic E-state index is 15.6. The van der Waals surface area contributed by atoms with Crippen LogP contribution in [0.1, 0.15) is 52.6 Å². The number of benzene rings is 4. The number of carbonyl (C=O) groups is 4. The van der Waals surface area contributed by atoms with Gasteiger partial charge in [-0.05, 0) is 100 Å². The van der Waals surface area contributed by atoms with Crippen molar-refractivity contribution in [3.8, 4) is 0 Å². The van der Waals surface area contributed by atoms with Gasteiger partial charge in [0, 0.05) is 108 Å². The fourth-order valence-electron chi connectivity index (χ4n) is 5.25. The molecule has 53 heavy (non-hydrogen) atoms. The lowest BCUT2D eigenvalue weighted by molar-refractivity contribution is 0.0388. The van der Waals surface area contributed by atoms with Gasteiger partial charge in [-0.2, -0.15) is 0 Å². The Labute approximate surface area is 336 Å². The fourth-order valence-corrected chi connectivity index (χ4v) is 7.71. The first-order valence-corrected chi connectivity index (χ1v) is 18.4. The minimum absolute atomic E-state index is 0.0386. The van der Waals surface area contributed by atoms with Crippen LogP contribution in [0.15, 0.2) is 54.3 Å². The summed E-state index contributed by atoms with van der Waals surface area (Å²) in [7, 11) is 13.5. The standard InChI is InChI=1S/C36H30Br4F4N4O5/c1-45(2)15-9-11-17(19(13-15)47(5)6)33(49)21-22(26(38)28(40)27(39)25(21)37)35(51)53-36(52)24-23(29(41)31(43)32(44)30(24)42)34(50)18-12-10-16(46(3)4)14-20(18)48(7)8/h9-14H,1-8H3. The Kier molecular flexibility index (Phi) is 12.9. The SMILES string of the molecule is CN(C)c1ccc(C(=O)c2c(F)c(F)c(F)c(F)c2C(=O)OC(=O)c2c(Br)c(Br)c(Br)c(Br)c2C(=O)c2ccc(N(C)C)cc2N(C)C)c(N(C)C)c1. The highest BCUT2D eigenvalue weighted by Gasteiger charge is 2.38. The first-order valence-electron chi connectivity index (χ1n) is 15.2. The molecule has 4 aromatic rings. The molecule has 0 saturated heterocycles. The Balaban J connectivity index is 1.92. The minimum atomic E-state index is -2.42. The topological polar surface area (TPSA) is 90.5 Å². The number of ether oxygens (including phenoxy) is 1. The molecule has 0 aliphatic carbocycles. The summed E-state index contributed by atoms with van der Waals surface area (Å²) >= 11 is 13.2. The number of nitrogens with zero attached hydrogens (tertiary/aromatic N) is 4. The summed E-state index contributed by atoms with van der Waals surface area (Å²) in [6.45, 7) is 0. The van der Waals surface area contributed by atoms with E-state index in [1.54, 1.807) is 64.2 Å². The number of rotatable bonds is 10. The first-order chi connectivity index (χ1) is 24.6. The molecule has 4 rings (SSSR count). The van der Waals surface area contributed by atoms with Crippen LogP contribution < -0.4 is 19.6 Å². The Morgan fingerprint density at radius 1 is 0.472 bits per heavy atom. The lowest BCUT2D eigenvalue weighted by Crippen LogP contribution is -2.25. The van der Waals surface area contributed by atoms with Crippen LogP contribution in [-0.2, 0) is 4.74 Å². The van der Waals surface area contributed by atoms with Gasteiger partial charge in [-0.3, -0.25) is 9.59 Å². The average Bonchev–Trinajstić information content (AvgIpc) is 3.11. The molecule has 0 fully saturated rings. The van der Waals surface area contributed by atoms with Gasteiger partial charge in [-0.15, -0.1) is 0 Å². The van der Waals surface area contributed by atoms with E-state index in [1.807, 2.05) is 19.0 Å². The van der Waals surface area contributed by atoms with E-state index in [2.05, 4.69) is 63.7 Å². The van der Waals surface area contributed by atoms with Crippen LogP contribution in [0.25, 0.3) is 0 Å². The molecule has 0 atom stereocenters. The van der Waals surface area contributed by atoms with Gasteiger partial charge < -0.3 is 24.3 Å². The highest BCUT2D eigenvalue weighted by atomic mass is 79.9. The van der Waals surface area contributed by atoms with Crippen molar-refractivity contribution in [1.29, 1.82) is 0 Å². The monoisotopic (exact) mass is 990 g/mol. The van der Waals surface area contributed by atoms with Crippen LogP contribution >= 0.6 is 63.7 Å². The molecule has 0 bridgehead atoms. The van der Waals surface area contributed by atoms with Crippen molar-refractivity contribution in [3.63, 3.8) is 0 Å². The van der Waals surface area contributed by atoms with Gasteiger partial charge in [0.2, 0.25) is 0 Å². The molecule has 0 saturated carbocycles. The van der Waals surface area contributed by atoms with Crippen LogP contribution in [0.5, 0.6) is 0 Å². The smallest absolute Gasteiger partial charge is 0.350 e. The number of halogens is 8. The lowest BCUT2D eigenvalue weighted by Gasteiger charge is -2.22. The van der Waals surface area contributed by atoms with Gasteiger partial charge in [0.1, 0.15) is 5.56 Å². The van der Waals surface area contributed by atoms with Crippen molar-refractivity contribution in [1.82, 2.24) is 0 Å². The molecule has 0 unspecified atom stereocenters. The van der Waals surface area contributed by atoms with Crippen LogP contribution in [0, 0.1) is 23.3 Å². The highest BCUT2D eigenvalue weighted by Crippen LogP contribution is 2.44.